The van der Waals surface area contributed by atoms with E-state index in [1.807, 2.05) is 26.0 Å². The lowest BCUT2D eigenvalue weighted by Crippen LogP contribution is -2.40. The van der Waals surface area contributed by atoms with Crippen molar-refractivity contribution < 1.29 is 18.4 Å². The zero-order valence-corrected chi connectivity index (χ0v) is 18.3. The maximum absolute atomic E-state index is 13.7. The van der Waals surface area contributed by atoms with Gasteiger partial charge in [0.2, 0.25) is 11.8 Å². The second kappa shape index (κ2) is 8.59. The van der Waals surface area contributed by atoms with Gasteiger partial charge in [0.15, 0.2) is 0 Å². The molecule has 0 aliphatic carbocycles. The average molecular weight is 449 g/mol. The summed E-state index contributed by atoms with van der Waals surface area (Å²) < 4.78 is 27.5. The Hall–Kier alpha value is -2.06. The van der Waals surface area contributed by atoms with Crippen molar-refractivity contribution in [3.8, 4) is 0 Å². The highest BCUT2D eigenvalue weighted by molar-refractivity contribution is 8.01. The van der Waals surface area contributed by atoms with Crippen LogP contribution in [0, 0.1) is 11.6 Å². The van der Waals surface area contributed by atoms with Gasteiger partial charge >= 0.3 is 0 Å². The van der Waals surface area contributed by atoms with Crippen molar-refractivity contribution in [3.05, 3.63) is 71.3 Å². The SMILES string of the molecule is C[C@H]1S[C@@H](c2cccc(F)c2)N(CCN2C(=O)[C@@H](C)S[C@H]2c2cccc(F)c2)C1=O. The van der Waals surface area contributed by atoms with Gasteiger partial charge in [0.25, 0.3) is 0 Å². The van der Waals surface area contributed by atoms with E-state index in [0.717, 1.165) is 11.1 Å². The predicted molar refractivity (Wildman–Crippen MR) is 116 cm³/mol. The quantitative estimate of drug-likeness (QED) is 0.671. The van der Waals surface area contributed by atoms with Crippen LogP contribution >= 0.6 is 23.5 Å². The summed E-state index contributed by atoms with van der Waals surface area (Å²) in [6.45, 7) is 4.35. The Balaban J connectivity index is 1.55. The van der Waals surface area contributed by atoms with Crippen LogP contribution in [0.3, 0.4) is 0 Å². The van der Waals surface area contributed by atoms with Gasteiger partial charge in [-0.25, -0.2) is 8.78 Å². The highest BCUT2D eigenvalue weighted by Gasteiger charge is 2.42. The van der Waals surface area contributed by atoms with Crippen LogP contribution in [0.15, 0.2) is 48.5 Å². The van der Waals surface area contributed by atoms with Gasteiger partial charge in [-0.3, -0.25) is 9.59 Å². The van der Waals surface area contributed by atoms with Gasteiger partial charge in [-0.05, 0) is 49.2 Å². The molecule has 2 aliphatic heterocycles. The lowest BCUT2D eigenvalue weighted by Gasteiger charge is -2.29. The topological polar surface area (TPSA) is 40.6 Å². The molecule has 0 bridgehead atoms. The number of hydrogen-bond donors (Lipinski definition) is 0. The van der Waals surface area contributed by atoms with E-state index in [0.29, 0.717) is 13.1 Å². The highest BCUT2D eigenvalue weighted by atomic mass is 32.2. The summed E-state index contributed by atoms with van der Waals surface area (Å²) in [5, 5.41) is -1.06. The number of thioether (sulfide) groups is 2. The molecule has 0 radical (unpaired) electrons. The smallest absolute Gasteiger partial charge is 0.236 e. The van der Waals surface area contributed by atoms with Crippen molar-refractivity contribution in [1.82, 2.24) is 9.80 Å². The number of halogens is 2. The number of amides is 2. The number of hydrogen-bond acceptors (Lipinski definition) is 4. The minimum absolute atomic E-state index is 0.0242. The Kier molecular flexibility index (Phi) is 6.06. The summed E-state index contributed by atoms with van der Waals surface area (Å²) in [5.41, 5.74) is 1.46. The Morgan fingerprint density at radius 3 is 1.53 bits per heavy atom. The lowest BCUT2D eigenvalue weighted by molar-refractivity contribution is -0.133. The van der Waals surface area contributed by atoms with E-state index in [-0.39, 0.29) is 44.7 Å². The summed E-state index contributed by atoms with van der Waals surface area (Å²) in [4.78, 5) is 29.0. The molecule has 0 N–H and O–H groups in total. The number of benzene rings is 2. The largest absolute Gasteiger partial charge is 0.324 e. The van der Waals surface area contributed by atoms with Crippen molar-refractivity contribution in [2.45, 2.75) is 35.1 Å². The number of nitrogens with zero attached hydrogens (tertiary/aromatic N) is 2. The first-order valence-electron chi connectivity index (χ1n) is 9.78. The fourth-order valence-electron chi connectivity index (χ4n) is 3.86. The molecule has 2 aromatic rings. The second-order valence-corrected chi connectivity index (χ2v) is 10.3. The molecular weight excluding hydrogens is 426 g/mol. The molecule has 30 heavy (non-hydrogen) atoms. The van der Waals surface area contributed by atoms with Crippen LogP contribution in [0.1, 0.15) is 35.7 Å². The van der Waals surface area contributed by atoms with Crippen molar-refractivity contribution >= 4 is 35.3 Å². The summed E-state index contributed by atoms with van der Waals surface area (Å²) >= 11 is 2.96. The van der Waals surface area contributed by atoms with Crippen LogP contribution in [-0.2, 0) is 9.59 Å². The van der Waals surface area contributed by atoms with E-state index in [9.17, 15) is 18.4 Å². The van der Waals surface area contributed by atoms with Gasteiger partial charge in [-0.2, -0.15) is 0 Å². The zero-order chi connectivity index (χ0) is 21.4. The van der Waals surface area contributed by atoms with E-state index in [2.05, 4.69) is 0 Å². The first-order chi connectivity index (χ1) is 14.3. The summed E-state index contributed by atoms with van der Waals surface area (Å²) in [5.74, 6) is -0.731. The molecule has 2 amide bonds. The minimum Gasteiger partial charge on any atom is -0.324 e. The van der Waals surface area contributed by atoms with Crippen LogP contribution in [-0.4, -0.2) is 45.2 Å². The Morgan fingerprint density at radius 1 is 0.767 bits per heavy atom. The second-order valence-electron chi connectivity index (χ2n) is 7.43. The van der Waals surface area contributed by atoms with E-state index in [4.69, 9.17) is 0 Å². The molecule has 4 atom stereocenters. The molecule has 2 aromatic carbocycles. The molecule has 2 saturated heterocycles. The fourth-order valence-corrected chi connectivity index (χ4v) is 6.45. The molecular formula is C22H22F2N2O2S2. The Labute approximate surface area is 183 Å². The van der Waals surface area contributed by atoms with Crippen LogP contribution in [0.25, 0.3) is 0 Å². The Bertz CT molecular complexity index is 896. The van der Waals surface area contributed by atoms with Crippen molar-refractivity contribution in [2.24, 2.45) is 0 Å². The minimum atomic E-state index is -0.342. The van der Waals surface area contributed by atoms with Crippen LogP contribution in [0.5, 0.6) is 0 Å². The van der Waals surface area contributed by atoms with E-state index in [1.54, 1.807) is 21.9 Å². The van der Waals surface area contributed by atoms with Gasteiger partial charge in [0.1, 0.15) is 22.4 Å². The third-order valence-corrected chi connectivity index (χ3v) is 8.13. The average Bonchev–Trinajstić information content (AvgIpc) is 3.16. The molecule has 2 fully saturated rings. The molecule has 8 heteroatoms. The predicted octanol–water partition coefficient (Wildman–Crippen LogP) is 4.59. The van der Waals surface area contributed by atoms with Gasteiger partial charge in [-0.1, -0.05) is 24.3 Å². The normalized spacial score (nSPS) is 26.7. The third-order valence-electron chi connectivity index (χ3n) is 5.34. The lowest BCUT2D eigenvalue weighted by atomic mass is 10.2. The molecule has 158 valence electrons. The molecule has 0 saturated carbocycles. The Morgan fingerprint density at radius 2 is 1.17 bits per heavy atom. The zero-order valence-electron chi connectivity index (χ0n) is 16.6. The first-order valence-corrected chi connectivity index (χ1v) is 11.7. The summed E-state index contributed by atoms with van der Waals surface area (Å²) in [6.07, 6.45) is 0. The molecule has 0 aromatic heterocycles. The van der Waals surface area contributed by atoms with Gasteiger partial charge in [0, 0.05) is 13.1 Å². The van der Waals surface area contributed by atoms with E-state index >= 15 is 0 Å². The third kappa shape index (κ3) is 4.07. The van der Waals surface area contributed by atoms with Crippen molar-refractivity contribution in [3.63, 3.8) is 0 Å². The van der Waals surface area contributed by atoms with Crippen molar-refractivity contribution in [1.29, 1.82) is 0 Å². The van der Waals surface area contributed by atoms with Gasteiger partial charge < -0.3 is 9.80 Å². The van der Waals surface area contributed by atoms with E-state index in [1.165, 1.54) is 47.8 Å². The molecule has 4 nitrogen and oxygen atoms in total. The summed E-state index contributed by atoms with van der Waals surface area (Å²) in [6, 6.07) is 12.6. The van der Waals surface area contributed by atoms with Crippen LogP contribution in [0.2, 0.25) is 0 Å². The van der Waals surface area contributed by atoms with Crippen molar-refractivity contribution in [2.75, 3.05) is 13.1 Å². The monoisotopic (exact) mass is 448 g/mol. The van der Waals surface area contributed by atoms with E-state index < -0.39 is 0 Å². The fraction of sp³-hybridized carbons (Fsp3) is 0.364. The summed E-state index contributed by atoms with van der Waals surface area (Å²) in [7, 11) is 0. The van der Waals surface area contributed by atoms with Crippen LogP contribution < -0.4 is 0 Å². The van der Waals surface area contributed by atoms with Gasteiger partial charge in [0.05, 0.1) is 10.5 Å². The molecule has 4 rings (SSSR count). The standard InChI is InChI=1S/C22H22F2N2O2S2/c1-13-19(27)25(21(29-13)15-5-3-7-17(23)11-15)9-10-26-20(28)14(2)30-22(26)16-6-4-8-18(24)12-16/h3-8,11-14,21-22H,9-10H2,1-2H3/t13-,14-,21+,22+/m1/s1. The maximum Gasteiger partial charge on any atom is 0.236 e. The number of rotatable bonds is 5. The number of carbonyl (C=O) groups excluding carboxylic acids is 2. The molecule has 2 aliphatic rings. The molecule has 2 heterocycles. The highest BCUT2D eigenvalue weighted by Crippen LogP contribution is 2.45. The molecule has 0 unspecified atom stereocenters. The van der Waals surface area contributed by atoms with Crippen LogP contribution in [0.4, 0.5) is 8.78 Å². The van der Waals surface area contributed by atoms with Gasteiger partial charge in [-0.15, -0.1) is 23.5 Å². The first kappa shape index (κ1) is 21.2. The maximum atomic E-state index is 13.7. The number of carbonyl (C=O) groups is 2. The molecule has 0 spiro atoms.